The normalized spacial score (nSPS) is 14.5. The maximum absolute atomic E-state index is 12.5. The van der Waals surface area contributed by atoms with Gasteiger partial charge in [-0.05, 0) is 37.6 Å². The third kappa shape index (κ3) is 3.13. The van der Waals surface area contributed by atoms with Gasteiger partial charge < -0.3 is 9.40 Å². The van der Waals surface area contributed by atoms with E-state index in [0.29, 0.717) is 18.9 Å². The monoisotopic (exact) mass is 336 g/mol. The van der Waals surface area contributed by atoms with Gasteiger partial charge in [0.1, 0.15) is 17.3 Å². The van der Waals surface area contributed by atoms with Gasteiger partial charge in [0.2, 0.25) is 0 Å². The number of hydrogen-bond donors (Lipinski definition) is 1. The summed E-state index contributed by atoms with van der Waals surface area (Å²) >= 11 is 0. The van der Waals surface area contributed by atoms with Crippen LogP contribution in [-0.2, 0) is 19.5 Å². The Balaban J connectivity index is 1.58. The minimum Gasteiger partial charge on any atom is -0.465 e. The molecule has 1 N–H and O–H groups in total. The molecule has 0 saturated carbocycles. The van der Waals surface area contributed by atoms with E-state index in [1.165, 1.54) is 0 Å². The minimum atomic E-state index is -0.0691. The summed E-state index contributed by atoms with van der Waals surface area (Å²) in [6.07, 6.45) is 4.17. The predicted molar refractivity (Wildman–Crippen MR) is 94.1 cm³/mol. The summed E-state index contributed by atoms with van der Waals surface area (Å²) in [7, 11) is 0. The molecule has 1 aliphatic rings. The van der Waals surface area contributed by atoms with Gasteiger partial charge in [-0.1, -0.05) is 0 Å². The van der Waals surface area contributed by atoms with E-state index < -0.39 is 0 Å². The van der Waals surface area contributed by atoms with E-state index in [9.17, 15) is 4.79 Å². The summed E-state index contributed by atoms with van der Waals surface area (Å²) < 4.78 is 5.76. The number of pyridine rings is 1. The largest absolute Gasteiger partial charge is 0.465 e. The molecule has 0 bridgehead atoms. The highest BCUT2D eigenvalue weighted by Crippen LogP contribution is 2.21. The van der Waals surface area contributed by atoms with Crippen LogP contribution in [0.25, 0.3) is 11.4 Å². The van der Waals surface area contributed by atoms with Crippen LogP contribution in [0.4, 0.5) is 0 Å². The van der Waals surface area contributed by atoms with Gasteiger partial charge >= 0.3 is 0 Å². The van der Waals surface area contributed by atoms with Crippen molar-refractivity contribution in [3.63, 3.8) is 0 Å². The van der Waals surface area contributed by atoms with E-state index in [1.807, 2.05) is 26.0 Å². The lowest BCUT2D eigenvalue weighted by atomic mass is 10.1. The summed E-state index contributed by atoms with van der Waals surface area (Å²) in [5, 5.41) is 0. The van der Waals surface area contributed by atoms with E-state index in [2.05, 4.69) is 25.9 Å². The highest BCUT2D eigenvalue weighted by Gasteiger charge is 2.22. The SMILES string of the molecule is Cc1cc(CN2CCc3nc(-c4cccnc4)[nH]c(=O)c3C2)oc1C. The molecule has 4 rings (SSSR count). The van der Waals surface area contributed by atoms with Crippen LogP contribution in [0, 0.1) is 13.8 Å². The van der Waals surface area contributed by atoms with Gasteiger partial charge in [0, 0.05) is 37.5 Å². The van der Waals surface area contributed by atoms with E-state index in [0.717, 1.165) is 46.9 Å². The topological polar surface area (TPSA) is 75.0 Å². The highest BCUT2D eigenvalue weighted by molar-refractivity contribution is 5.53. The second kappa shape index (κ2) is 6.29. The Kier molecular flexibility index (Phi) is 3.97. The lowest BCUT2D eigenvalue weighted by Gasteiger charge is -2.26. The van der Waals surface area contributed by atoms with Crippen molar-refractivity contribution >= 4 is 0 Å². The summed E-state index contributed by atoms with van der Waals surface area (Å²) in [4.78, 5) is 26.4. The zero-order valence-corrected chi connectivity index (χ0v) is 14.4. The number of nitrogens with zero attached hydrogens (tertiary/aromatic N) is 3. The molecule has 4 heterocycles. The van der Waals surface area contributed by atoms with Crippen molar-refractivity contribution in [2.75, 3.05) is 6.54 Å². The smallest absolute Gasteiger partial charge is 0.255 e. The van der Waals surface area contributed by atoms with Crippen molar-refractivity contribution in [3.05, 3.63) is 69.3 Å². The molecule has 0 radical (unpaired) electrons. The number of fused-ring (bicyclic) bond motifs is 1. The Morgan fingerprint density at radius 1 is 1.36 bits per heavy atom. The zero-order valence-electron chi connectivity index (χ0n) is 14.4. The molecule has 3 aromatic rings. The van der Waals surface area contributed by atoms with E-state index >= 15 is 0 Å². The fourth-order valence-corrected chi connectivity index (χ4v) is 3.20. The third-order valence-corrected chi connectivity index (χ3v) is 4.68. The van der Waals surface area contributed by atoms with Crippen LogP contribution >= 0.6 is 0 Å². The molecule has 0 aliphatic carbocycles. The van der Waals surface area contributed by atoms with Crippen molar-refractivity contribution in [1.29, 1.82) is 0 Å². The molecule has 25 heavy (non-hydrogen) atoms. The van der Waals surface area contributed by atoms with Gasteiger partial charge in [0.15, 0.2) is 0 Å². The number of aromatic amines is 1. The fourth-order valence-electron chi connectivity index (χ4n) is 3.20. The molecular weight excluding hydrogens is 316 g/mol. The fraction of sp³-hybridized carbons (Fsp3) is 0.316. The quantitative estimate of drug-likeness (QED) is 0.796. The van der Waals surface area contributed by atoms with Crippen LogP contribution in [-0.4, -0.2) is 26.4 Å². The molecule has 6 nitrogen and oxygen atoms in total. The Hall–Kier alpha value is -2.73. The first kappa shape index (κ1) is 15.8. The highest BCUT2D eigenvalue weighted by atomic mass is 16.3. The molecule has 0 spiro atoms. The van der Waals surface area contributed by atoms with Crippen LogP contribution in [0.1, 0.15) is 28.3 Å². The van der Waals surface area contributed by atoms with Crippen molar-refractivity contribution in [3.8, 4) is 11.4 Å². The second-order valence-corrected chi connectivity index (χ2v) is 6.49. The maximum atomic E-state index is 12.5. The first-order valence-corrected chi connectivity index (χ1v) is 8.41. The zero-order chi connectivity index (χ0) is 17.4. The van der Waals surface area contributed by atoms with E-state index in [-0.39, 0.29) is 5.56 Å². The molecule has 128 valence electrons. The van der Waals surface area contributed by atoms with Crippen LogP contribution < -0.4 is 5.56 Å². The average molecular weight is 336 g/mol. The predicted octanol–water partition coefficient (Wildman–Crippen LogP) is 2.60. The Labute approximate surface area is 145 Å². The maximum Gasteiger partial charge on any atom is 0.255 e. The Morgan fingerprint density at radius 2 is 2.24 bits per heavy atom. The number of aromatic nitrogens is 3. The van der Waals surface area contributed by atoms with Crippen molar-refractivity contribution in [2.24, 2.45) is 0 Å². The molecule has 0 unspecified atom stereocenters. The van der Waals surface area contributed by atoms with Crippen molar-refractivity contribution < 1.29 is 4.42 Å². The van der Waals surface area contributed by atoms with Gasteiger partial charge in [-0.2, -0.15) is 0 Å². The summed E-state index contributed by atoms with van der Waals surface area (Å²) in [5.74, 6) is 2.48. The Morgan fingerprint density at radius 3 is 2.96 bits per heavy atom. The number of rotatable bonds is 3. The molecule has 6 heteroatoms. The number of H-pyrrole nitrogens is 1. The average Bonchev–Trinajstić information content (AvgIpc) is 2.93. The lowest BCUT2D eigenvalue weighted by molar-refractivity contribution is 0.221. The molecule has 0 fully saturated rings. The van der Waals surface area contributed by atoms with Crippen LogP contribution in [0.15, 0.2) is 39.8 Å². The Bertz CT molecular complexity index is 940. The molecule has 0 atom stereocenters. The number of furan rings is 1. The van der Waals surface area contributed by atoms with Crippen LogP contribution in [0.3, 0.4) is 0 Å². The standard InChI is InChI=1S/C19H20N4O2/c1-12-8-15(25-13(12)2)10-23-7-5-17-16(11-23)19(24)22-18(21-17)14-4-3-6-20-9-14/h3-4,6,8-9H,5,7,10-11H2,1-2H3,(H,21,22,24). The first-order chi connectivity index (χ1) is 12.1. The molecule has 3 aromatic heterocycles. The van der Waals surface area contributed by atoms with Gasteiger partial charge in [0.25, 0.3) is 5.56 Å². The van der Waals surface area contributed by atoms with Crippen molar-refractivity contribution in [1.82, 2.24) is 19.9 Å². The summed E-state index contributed by atoms with van der Waals surface area (Å²) in [6, 6.07) is 5.80. The van der Waals surface area contributed by atoms with Gasteiger partial charge in [0.05, 0.1) is 17.8 Å². The van der Waals surface area contributed by atoms with Crippen LogP contribution in [0.5, 0.6) is 0 Å². The van der Waals surface area contributed by atoms with Gasteiger partial charge in [-0.3, -0.25) is 14.7 Å². The summed E-state index contributed by atoms with van der Waals surface area (Å²) in [6.45, 7) is 6.16. The molecule has 0 amide bonds. The van der Waals surface area contributed by atoms with Crippen molar-refractivity contribution in [2.45, 2.75) is 33.4 Å². The minimum absolute atomic E-state index is 0.0691. The number of aryl methyl sites for hydroxylation is 2. The van der Waals surface area contributed by atoms with E-state index in [1.54, 1.807) is 12.4 Å². The molecule has 0 saturated heterocycles. The van der Waals surface area contributed by atoms with Crippen LogP contribution in [0.2, 0.25) is 0 Å². The molecular formula is C19H20N4O2. The van der Waals surface area contributed by atoms with Gasteiger partial charge in [-0.15, -0.1) is 0 Å². The van der Waals surface area contributed by atoms with Gasteiger partial charge in [-0.25, -0.2) is 4.98 Å². The number of hydrogen-bond acceptors (Lipinski definition) is 5. The third-order valence-electron chi connectivity index (χ3n) is 4.68. The molecule has 0 aromatic carbocycles. The van der Waals surface area contributed by atoms with E-state index in [4.69, 9.17) is 4.42 Å². The second-order valence-electron chi connectivity index (χ2n) is 6.49. The summed E-state index contributed by atoms with van der Waals surface area (Å²) in [5.41, 5.74) is 3.55. The first-order valence-electron chi connectivity index (χ1n) is 8.41. The number of nitrogens with one attached hydrogen (secondary N) is 1. The lowest BCUT2D eigenvalue weighted by Crippen LogP contribution is -2.35. The molecule has 1 aliphatic heterocycles.